The summed E-state index contributed by atoms with van der Waals surface area (Å²) in [5, 5.41) is 0. The highest BCUT2D eigenvalue weighted by atomic mass is 32.2. The zero-order chi connectivity index (χ0) is 16.1. The van der Waals surface area contributed by atoms with Crippen molar-refractivity contribution in [2.75, 3.05) is 5.75 Å². The van der Waals surface area contributed by atoms with Crippen LogP contribution in [0, 0.1) is 6.92 Å². The van der Waals surface area contributed by atoms with E-state index in [1.165, 1.54) is 10.5 Å². The van der Waals surface area contributed by atoms with E-state index in [4.69, 9.17) is 4.98 Å². The lowest BCUT2D eigenvalue weighted by molar-refractivity contribution is 0.943. The maximum Gasteiger partial charge on any atom is 0.160 e. The van der Waals surface area contributed by atoms with Crippen molar-refractivity contribution in [1.29, 1.82) is 0 Å². The van der Waals surface area contributed by atoms with Crippen LogP contribution in [0.3, 0.4) is 0 Å². The molecule has 0 bridgehead atoms. The normalized spacial score (nSPS) is 10.4. The quantitative estimate of drug-likeness (QED) is 0.632. The summed E-state index contributed by atoms with van der Waals surface area (Å²) in [6, 6.07) is 10.5. The lowest BCUT2D eigenvalue weighted by Gasteiger charge is -2.06. The Morgan fingerprint density at radius 3 is 2.68 bits per heavy atom. The molecule has 0 atom stereocenters. The Balaban J connectivity index is 0.000000847. The van der Waals surface area contributed by atoms with Crippen molar-refractivity contribution in [2.45, 2.75) is 32.6 Å². The highest BCUT2D eigenvalue weighted by molar-refractivity contribution is 7.99. The number of hydrogen-bond donors (Lipinski definition) is 0. The number of aryl methyl sites for hydroxylation is 2. The third-order valence-corrected chi connectivity index (χ3v) is 4.25. The van der Waals surface area contributed by atoms with E-state index >= 15 is 0 Å². The summed E-state index contributed by atoms with van der Waals surface area (Å²) < 4.78 is 2.12. The zero-order valence-corrected chi connectivity index (χ0v) is 14.7. The topological polar surface area (TPSA) is 30.7 Å². The maximum absolute atomic E-state index is 4.77. The largest absolute Gasteiger partial charge is 0.326 e. The van der Waals surface area contributed by atoms with Crippen molar-refractivity contribution in [3.63, 3.8) is 0 Å². The van der Waals surface area contributed by atoms with Crippen LogP contribution in [-0.2, 0) is 7.05 Å². The Hall–Kier alpha value is -1.81. The van der Waals surface area contributed by atoms with Gasteiger partial charge in [0.25, 0.3) is 0 Å². The van der Waals surface area contributed by atoms with E-state index in [1.54, 1.807) is 11.8 Å². The van der Waals surface area contributed by atoms with E-state index < -0.39 is 0 Å². The SMILES string of the molecule is CC.CCSc1cccnc1-c1nc2cc(C)ccc2n1C. The summed E-state index contributed by atoms with van der Waals surface area (Å²) in [5.41, 5.74) is 4.37. The number of aromatic nitrogens is 3. The molecule has 0 aliphatic heterocycles. The molecule has 0 aliphatic carbocycles. The summed E-state index contributed by atoms with van der Waals surface area (Å²) in [7, 11) is 2.05. The molecule has 2 aromatic heterocycles. The molecule has 0 amide bonds. The van der Waals surface area contributed by atoms with Crippen LogP contribution in [0.1, 0.15) is 26.3 Å². The van der Waals surface area contributed by atoms with E-state index in [0.717, 1.165) is 28.3 Å². The molecule has 0 radical (unpaired) electrons. The van der Waals surface area contributed by atoms with Crippen molar-refractivity contribution in [3.05, 3.63) is 42.1 Å². The molecule has 116 valence electrons. The van der Waals surface area contributed by atoms with Crippen molar-refractivity contribution < 1.29 is 0 Å². The van der Waals surface area contributed by atoms with Gasteiger partial charge >= 0.3 is 0 Å². The zero-order valence-electron chi connectivity index (χ0n) is 13.9. The van der Waals surface area contributed by atoms with Crippen LogP contribution in [-0.4, -0.2) is 20.3 Å². The fourth-order valence-corrected chi connectivity index (χ4v) is 3.12. The minimum absolute atomic E-state index is 0.933. The molecule has 0 spiro atoms. The van der Waals surface area contributed by atoms with Crippen molar-refractivity contribution in [1.82, 2.24) is 14.5 Å². The second-order valence-corrected chi connectivity index (χ2v) is 6.08. The molecule has 0 unspecified atom stereocenters. The smallest absolute Gasteiger partial charge is 0.160 e. The molecule has 3 aromatic rings. The monoisotopic (exact) mass is 313 g/mol. The summed E-state index contributed by atoms with van der Waals surface area (Å²) >= 11 is 1.80. The van der Waals surface area contributed by atoms with Gasteiger partial charge in [0.05, 0.1) is 11.0 Å². The van der Waals surface area contributed by atoms with Crippen molar-refractivity contribution in [3.8, 4) is 11.5 Å². The molecule has 0 N–H and O–H groups in total. The maximum atomic E-state index is 4.77. The number of pyridine rings is 1. The molecule has 22 heavy (non-hydrogen) atoms. The van der Waals surface area contributed by atoms with Gasteiger partial charge in [0.15, 0.2) is 5.82 Å². The van der Waals surface area contributed by atoms with Gasteiger partial charge in [-0.1, -0.05) is 26.8 Å². The number of benzene rings is 1. The fraction of sp³-hybridized carbons (Fsp3) is 0.333. The Morgan fingerprint density at radius 2 is 1.95 bits per heavy atom. The van der Waals surface area contributed by atoms with Gasteiger partial charge in [0.2, 0.25) is 0 Å². The molecule has 3 rings (SSSR count). The Kier molecular flexibility index (Phi) is 5.61. The average molecular weight is 313 g/mol. The third-order valence-electron chi connectivity index (χ3n) is 3.32. The van der Waals surface area contributed by atoms with Gasteiger partial charge < -0.3 is 4.57 Å². The minimum Gasteiger partial charge on any atom is -0.326 e. The van der Waals surface area contributed by atoms with Gasteiger partial charge in [-0.15, -0.1) is 11.8 Å². The molecular formula is C18H23N3S. The summed E-state index contributed by atoms with van der Waals surface area (Å²) in [6.45, 7) is 8.24. The van der Waals surface area contributed by atoms with Gasteiger partial charge in [-0.3, -0.25) is 4.98 Å². The van der Waals surface area contributed by atoms with Crippen LogP contribution in [0.2, 0.25) is 0 Å². The first-order valence-corrected chi connectivity index (χ1v) is 8.70. The van der Waals surface area contributed by atoms with E-state index in [-0.39, 0.29) is 0 Å². The molecule has 0 saturated carbocycles. The van der Waals surface area contributed by atoms with E-state index in [0.29, 0.717) is 0 Å². The number of thioether (sulfide) groups is 1. The molecular weight excluding hydrogens is 290 g/mol. The molecule has 0 aliphatic rings. The van der Waals surface area contributed by atoms with Crippen LogP contribution < -0.4 is 0 Å². The van der Waals surface area contributed by atoms with E-state index in [2.05, 4.69) is 54.7 Å². The number of imidazole rings is 1. The first-order chi connectivity index (χ1) is 10.7. The van der Waals surface area contributed by atoms with Crippen molar-refractivity contribution >= 4 is 22.8 Å². The van der Waals surface area contributed by atoms with Gasteiger partial charge in [0, 0.05) is 18.1 Å². The predicted molar refractivity (Wildman–Crippen MR) is 96.4 cm³/mol. The summed E-state index contributed by atoms with van der Waals surface area (Å²) in [6.07, 6.45) is 1.83. The number of fused-ring (bicyclic) bond motifs is 1. The van der Waals surface area contributed by atoms with Crippen LogP contribution in [0.5, 0.6) is 0 Å². The van der Waals surface area contributed by atoms with Crippen LogP contribution in [0.4, 0.5) is 0 Å². The molecule has 3 nitrogen and oxygen atoms in total. The first kappa shape index (κ1) is 16.6. The van der Waals surface area contributed by atoms with E-state index in [1.807, 2.05) is 26.1 Å². The fourth-order valence-electron chi connectivity index (χ4n) is 2.35. The lowest BCUT2D eigenvalue weighted by atomic mass is 10.2. The minimum atomic E-state index is 0.933. The first-order valence-electron chi connectivity index (χ1n) is 7.72. The van der Waals surface area contributed by atoms with Gasteiger partial charge in [-0.25, -0.2) is 4.98 Å². The highest BCUT2D eigenvalue weighted by Crippen LogP contribution is 2.30. The Labute approximate surface area is 136 Å². The molecule has 4 heteroatoms. The van der Waals surface area contributed by atoms with Gasteiger partial charge in [-0.05, 0) is 42.5 Å². The number of rotatable bonds is 3. The molecule has 1 aromatic carbocycles. The van der Waals surface area contributed by atoms with Crippen LogP contribution in [0.25, 0.3) is 22.6 Å². The van der Waals surface area contributed by atoms with Crippen molar-refractivity contribution in [2.24, 2.45) is 7.05 Å². The number of nitrogens with zero attached hydrogens (tertiary/aromatic N) is 3. The van der Waals surface area contributed by atoms with Crippen LogP contribution >= 0.6 is 11.8 Å². The molecule has 0 saturated heterocycles. The lowest BCUT2D eigenvalue weighted by Crippen LogP contribution is -1.96. The third kappa shape index (κ3) is 3.17. The van der Waals surface area contributed by atoms with Gasteiger partial charge in [0.1, 0.15) is 5.69 Å². The summed E-state index contributed by atoms with van der Waals surface area (Å²) in [5.74, 6) is 1.96. The summed E-state index contributed by atoms with van der Waals surface area (Å²) in [4.78, 5) is 10.5. The highest BCUT2D eigenvalue weighted by Gasteiger charge is 2.14. The van der Waals surface area contributed by atoms with E-state index in [9.17, 15) is 0 Å². The Morgan fingerprint density at radius 1 is 1.18 bits per heavy atom. The van der Waals surface area contributed by atoms with Crippen LogP contribution in [0.15, 0.2) is 41.4 Å². The Bertz CT molecular complexity index is 762. The molecule has 0 fully saturated rings. The number of hydrogen-bond acceptors (Lipinski definition) is 3. The average Bonchev–Trinajstić information content (AvgIpc) is 2.86. The van der Waals surface area contributed by atoms with Gasteiger partial charge in [-0.2, -0.15) is 0 Å². The predicted octanol–water partition coefficient (Wildman–Crippen LogP) is 5.08. The standard InChI is InChI=1S/C16H17N3S.C2H6/c1-4-20-14-6-5-9-17-15(14)16-18-12-10-11(2)7-8-13(12)19(16)3;1-2/h5-10H,4H2,1-3H3;1-2H3. The second kappa shape index (κ2) is 7.45. The molecule has 2 heterocycles. The second-order valence-electron chi connectivity index (χ2n) is 4.77.